The van der Waals surface area contributed by atoms with Crippen molar-refractivity contribution in [3.63, 3.8) is 0 Å². The first-order chi connectivity index (χ1) is 6.23. The highest BCUT2D eigenvalue weighted by Crippen LogP contribution is 2.49. The second-order valence-corrected chi connectivity index (χ2v) is 4.18. The molecule has 2 aliphatic rings. The van der Waals surface area contributed by atoms with Gasteiger partial charge in [0, 0.05) is 20.1 Å². The van der Waals surface area contributed by atoms with Crippen molar-refractivity contribution in [2.75, 3.05) is 20.8 Å². The molecule has 3 nitrogen and oxygen atoms in total. The highest BCUT2D eigenvalue weighted by Gasteiger charge is 2.58. The van der Waals surface area contributed by atoms with Crippen LogP contribution in [0.1, 0.15) is 19.8 Å². The molecule has 1 saturated heterocycles. The van der Waals surface area contributed by atoms with Crippen molar-refractivity contribution in [1.82, 2.24) is 0 Å². The quantitative estimate of drug-likeness (QED) is 0.663. The normalized spacial score (nSPS) is 48.7. The van der Waals surface area contributed by atoms with E-state index in [2.05, 4.69) is 6.92 Å². The first-order valence-electron chi connectivity index (χ1n) is 4.93. The molecule has 4 atom stereocenters. The molecule has 76 valence electrons. The Labute approximate surface area is 79.4 Å². The molecular weight excluding hydrogens is 168 g/mol. The fourth-order valence-electron chi connectivity index (χ4n) is 2.98. The van der Waals surface area contributed by atoms with Crippen molar-refractivity contribution in [2.24, 2.45) is 5.92 Å². The molecule has 1 aliphatic carbocycles. The van der Waals surface area contributed by atoms with Crippen molar-refractivity contribution < 1.29 is 14.2 Å². The molecule has 0 radical (unpaired) electrons. The van der Waals surface area contributed by atoms with Crippen LogP contribution >= 0.6 is 0 Å². The van der Waals surface area contributed by atoms with Crippen LogP contribution in [0.3, 0.4) is 0 Å². The van der Waals surface area contributed by atoms with E-state index in [9.17, 15) is 0 Å². The van der Waals surface area contributed by atoms with Crippen molar-refractivity contribution in [1.29, 1.82) is 0 Å². The molecule has 3 heteroatoms. The van der Waals surface area contributed by atoms with Crippen molar-refractivity contribution in [3.05, 3.63) is 0 Å². The van der Waals surface area contributed by atoms with Gasteiger partial charge in [0.15, 0.2) is 0 Å². The van der Waals surface area contributed by atoms with Gasteiger partial charge in [-0.05, 0) is 19.8 Å². The summed E-state index contributed by atoms with van der Waals surface area (Å²) in [6.45, 7) is 2.79. The Kier molecular flexibility index (Phi) is 2.34. The van der Waals surface area contributed by atoms with Crippen molar-refractivity contribution in [3.8, 4) is 0 Å². The zero-order valence-electron chi connectivity index (χ0n) is 8.58. The van der Waals surface area contributed by atoms with Crippen LogP contribution < -0.4 is 0 Å². The number of fused-ring (bicyclic) bond motifs is 2. The number of hydrogen-bond acceptors (Lipinski definition) is 3. The summed E-state index contributed by atoms with van der Waals surface area (Å²) < 4.78 is 16.7. The van der Waals surface area contributed by atoms with Crippen LogP contribution in [0.4, 0.5) is 0 Å². The molecule has 1 heterocycles. The molecule has 0 amide bonds. The van der Waals surface area contributed by atoms with E-state index in [1.807, 2.05) is 0 Å². The lowest BCUT2D eigenvalue weighted by Crippen LogP contribution is -2.42. The van der Waals surface area contributed by atoms with Gasteiger partial charge in [0.25, 0.3) is 0 Å². The Balaban J connectivity index is 2.17. The first kappa shape index (κ1) is 9.44. The molecule has 1 aliphatic heterocycles. The summed E-state index contributed by atoms with van der Waals surface area (Å²) in [5.74, 6) is 0.570. The Morgan fingerprint density at radius 2 is 2.23 bits per heavy atom. The zero-order chi connectivity index (χ0) is 9.47. The van der Waals surface area contributed by atoms with Gasteiger partial charge in [-0.1, -0.05) is 0 Å². The summed E-state index contributed by atoms with van der Waals surface area (Å²) in [6, 6.07) is 0. The SMILES string of the molecule is COC[C@@]12CC[C@H](C1OC)[C@H](C)O2. The highest BCUT2D eigenvalue weighted by atomic mass is 16.6. The van der Waals surface area contributed by atoms with Crippen molar-refractivity contribution >= 4 is 0 Å². The molecule has 1 saturated carbocycles. The number of rotatable bonds is 3. The van der Waals surface area contributed by atoms with Crippen molar-refractivity contribution in [2.45, 2.75) is 37.6 Å². The Morgan fingerprint density at radius 3 is 2.77 bits per heavy atom. The molecule has 1 unspecified atom stereocenters. The third-order valence-corrected chi connectivity index (χ3v) is 3.47. The monoisotopic (exact) mass is 186 g/mol. The standard InChI is InChI=1S/C10H18O3/c1-7-8-4-5-10(13-7,6-11-2)9(8)12-3/h7-9H,4-6H2,1-3H3/t7-,8-,9?,10-/m0/s1. The third kappa shape index (κ3) is 1.22. The first-order valence-corrected chi connectivity index (χ1v) is 4.93. The van der Waals surface area contributed by atoms with Crippen LogP contribution in [0.25, 0.3) is 0 Å². The molecule has 0 spiro atoms. The Morgan fingerprint density at radius 1 is 1.46 bits per heavy atom. The predicted molar refractivity (Wildman–Crippen MR) is 48.7 cm³/mol. The van der Waals surface area contributed by atoms with E-state index in [-0.39, 0.29) is 11.7 Å². The van der Waals surface area contributed by atoms with E-state index in [0.717, 1.165) is 6.42 Å². The minimum atomic E-state index is -0.145. The summed E-state index contributed by atoms with van der Waals surface area (Å²) in [4.78, 5) is 0. The van der Waals surface area contributed by atoms with E-state index < -0.39 is 0 Å². The smallest absolute Gasteiger partial charge is 0.118 e. The molecule has 0 aromatic heterocycles. The fourth-order valence-corrected chi connectivity index (χ4v) is 2.98. The largest absolute Gasteiger partial charge is 0.382 e. The Hall–Kier alpha value is -0.120. The molecular formula is C10H18O3. The van der Waals surface area contributed by atoms with Gasteiger partial charge in [-0.15, -0.1) is 0 Å². The van der Waals surface area contributed by atoms with Gasteiger partial charge in [0.1, 0.15) is 5.60 Å². The zero-order valence-corrected chi connectivity index (χ0v) is 8.58. The lowest BCUT2D eigenvalue weighted by molar-refractivity contribution is -0.126. The number of methoxy groups -OCH3 is 2. The molecule has 0 aromatic carbocycles. The second-order valence-electron chi connectivity index (χ2n) is 4.18. The molecule has 2 fully saturated rings. The maximum Gasteiger partial charge on any atom is 0.118 e. The second kappa shape index (κ2) is 3.23. The van der Waals surface area contributed by atoms with Gasteiger partial charge in [-0.25, -0.2) is 0 Å². The number of ether oxygens (including phenoxy) is 3. The summed E-state index contributed by atoms with van der Waals surface area (Å²) in [5.41, 5.74) is -0.145. The lowest BCUT2D eigenvalue weighted by Gasteiger charge is -2.30. The molecule has 0 N–H and O–H groups in total. The topological polar surface area (TPSA) is 27.7 Å². The van der Waals surface area contributed by atoms with Crippen LogP contribution in [0.15, 0.2) is 0 Å². The maximum atomic E-state index is 5.94. The highest BCUT2D eigenvalue weighted by molar-refractivity contribution is 5.07. The average Bonchev–Trinajstić information content (AvgIpc) is 2.55. The van der Waals surface area contributed by atoms with E-state index >= 15 is 0 Å². The number of hydrogen-bond donors (Lipinski definition) is 0. The predicted octanol–water partition coefficient (Wildman–Crippen LogP) is 1.22. The average molecular weight is 186 g/mol. The Bertz CT molecular complexity index is 195. The summed E-state index contributed by atoms with van der Waals surface area (Å²) >= 11 is 0. The fraction of sp³-hybridized carbons (Fsp3) is 1.00. The van der Waals surface area contributed by atoms with Gasteiger partial charge in [-0.2, -0.15) is 0 Å². The van der Waals surface area contributed by atoms with E-state index in [4.69, 9.17) is 14.2 Å². The van der Waals surface area contributed by atoms with E-state index in [0.29, 0.717) is 18.6 Å². The van der Waals surface area contributed by atoms with Crippen LogP contribution in [-0.4, -0.2) is 38.6 Å². The molecule has 2 bridgehead atoms. The van der Waals surface area contributed by atoms with E-state index in [1.54, 1.807) is 14.2 Å². The van der Waals surface area contributed by atoms with E-state index in [1.165, 1.54) is 6.42 Å². The van der Waals surface area contributed by atoms with Gasteiger partial charge in [0.2, 0.25) is 0 Å². The molecule has 2 rings (SSSR count). The summed E-state index contributed by atoms with van der Waals surface area (Å²) in [6.07, 6.45) is 2.86. The minimum absolute atomic E-state index is 0.145. The summed E-state index contributed by atoms with van der Waals surface area (Å²) in [5, 5.41) is 0. The lowest BCUT2D eigenvalue weighted by atomic mass is 9.99. The van der Waals surface area contributed by atoms with Crippen LogP contribution in [0.5, 0.6) is 0 Å². The van der Waals surface area contributed by atoms with Gasteiger partial charge in [0.05, 0.1) is 18.8 Å². The summed E-state index contributed by atoms with van der Waals surface area (Å²) in [7, 11) is 3.50. The van der Waals surface area contributed by atoms with Gasteiger partial charge in [-0.3, -0.25) is 0 Å². The minimum Gasteiger partial charge on any atom is -0.382 e. The molecule has 0 aromatic rings. The van der Waals surface area contributed by atoms with Crippen LogP contribution in [-0.2, 0) is 14.2 Å². The van der Waals surface area contributed by atoms with Gasteiger partial charge >= 0.3 is 0 Å². The maximum absolute atomic E-state index is 5.94. The van der Waals surface area contributed by atoms with Gasteiger partial charge < -0.3 is 14.2 Å². The third-order valence-electron chi connectivity index (χ3n) is 3.47. The van der Waals surface area contributed by atoms with Crippen LogP contribution in [0.2, 0.25) is 0 Å². The molecule has 13 heavy (non-hydrogen) atoms. The van der Waals surface area contributed by atoms with Crippen LogP contribution in [0, 0.1) is 5.92 Å².